The van der Waals surface area contributed by atoms with Gasteiger partial charge in [0.2, 0.25) is 13.6 Å². The van der Waals surface area contributed by atoms with Gasteiger partial charge in [0.05, 0.1) is 14.2 Å². The highest BCUT2D eigenvalue weighted by Gasteiger charge is 2.39. The first-order valence-corrected chi connectivity index (χ1v) is 23.0. The first-order chi connectivity index (χ1) is 33.9. The molecule has 392 valence electrons. The number of rotatable bonds is 22. The van der Waals surface area contributed by atoms with E-state index in [1.165, 1.54) is 95.6 Å². The highest BCUT2D eigenvalue weighted by atomic mass is 19.1. The number of aromatic nitrogens is 2. The number of esters is 3. The van der Waals surface area contributed by atoms with Crippen LogP contribution in [0.5, 0.6) is 23.0 Å². The molecule has 18 nitrogen and oxygen atoms in total. The lowest BCUT2D eigenvalue weighted by Gasteiger charge is -2.39. The summed E-state index contributed by atoms with van der Waals surface area (Å²) in [5.74, 6) is -5.35. The molecular formula is C52H66F2N4O14. The van der Waals surface area contributed by atoms with Crippen LogP contribution in [0.1, 0.15) is 124 Å². The fraction of sp³-hybridized carbons (Fsp3) is 0.462. The van der Waals surface area contributed by atoms with Crippen molar-refractivity contribution in [1.82, 2.24) is 20.2 Å². The van der Waals surface area contributed by atoms with Crippen LogP contribution >= 0.6 is 0 Å². The van der Waals surface area contributed by atoms with E-state index in [0.717, 1.165) is 16.7 Å². The van der Waals surface area contributed by atoms with E-state index in [1.54, 1.807) is 32.9 Å². The Hall–Kier alpha value is -7.38. The zero-order valence-electron chi connectivity index (χ0n) is 43.2. The van der Waals surface area contributed by atoms with E-state index >= 15 is 0 Å². The molecule has 0 bridgehead atoms. The van der Waals surface area contributed by atoms with Crippen molar-refractivity contribution in [2.75, 3.05) is 27.8 Å². The maximum atomic E-state index is 13.9. The summed E-state index contributed by atoms with van der Waals surface area (Å²) >= 11 is 0. The number of halogens is 2. The minimum absolute atomic E-state index is 0.0292. The molecule has 2 aromatic carbocycles. The lowest BCUT2D eigenvalue weighted by atomic mass is 9.80. The fourth-order valence-corrected chi connectivity index (χ4v) is 8.28. The molecule has 2 amide bonds. The molecule has 72 heavy (non-hydrogen) atoms. The molecule has 4 aromatic rings. The van der Waals surface area contributed by atoms with Crippen molar-refractivity contribution >= 4 is 35.7 Å². The average Bonchev–Trinajstić information content (AvgIpc) is 3.30. The van der Waals surface area contributed by atoms with Gasteiger partial charge in [-0.25, -0.2) is 28.3 Å². The smallest absolute Gasteiger partial charge is 0.328 e. The number of benzene rings is 2. The molecular weight excluding hydrogens is 943 g/mol. The van der Waals surface area contributed by atoms with Crippen molar-refractivity contribution in [1.29, 1.82) is 0 Å². The zero-order chi connectivity index (χ0) is 54.1. The number of aliphatic carboxylic acids is 1. The normalized spacial score (nSPS) is 13.4. The second-order valence-corrected chi connectivity index (χ2v) is 17.5. The molecule has 2 heterocycles. The number of carbonyl (C=O) groups excluding carboxylic acids is 5. The monoisotopic (exact) mass is 1010 g/mol. The number of aryl methyl sites for hydroxylation is 2. The summed E-state index contributed by atoms with van der Waals surface area (Å²) in [5.41, 5.74) is 2.80. The van der Waals surface area contributed by atoms with E-state index < -0.39 is 73.5 Å². The summed E-state index contributed by atoms with van der Waals surface area (Å²) in [6.07, 6.45) is 2.14. The van der Waals surface area contributed by atoms with E-state index in [-0.39, 0.29) is 69.7 Å². The van der Waals surface area contributed by atoms with Crippen LogP contribution < -0.4 is 24.3 Å². The first-order valence-electron chi connectivity index (χ1n) is 23.0. The van der Waals surface area contributed by atoms with E-state index in [9.17, 15) is 42.7 Å². The number of amides is 2. The van der Waals surface area contributed by atoms with Crippen molar-refractivity contribution in [2.45, 2.75) is 119 Å². The Balaban J connectivity index is 0.000000380. The van der Waals surface area contributed by atoms with Gasteiger partial charge < -0.3 is 48.5 Å². The molecule has 0 radical (unpaired) electrons. The van der Waals surface area contributed by atoms with Gasteiger partial charge in [-0.05, 0) is 99.9 Å². The van der Waals surface area contributed by atoms with Crippen molar-refractivity contribution in [3.63, 3.8) is 0 Å². The number of ether oxygens (including phenoxy) is 7. The third kappa shape index (κ3) is 15.8. The van der Waals surface area contributed by atoms with Gasteiger partial charge in [-0.1, -0.05) is 39.8 Å². The summed E-state index contributed by atoms with van der Waals surface area (Å²) in [5, 5.41) is 12.4. The molecule has 0 spiro atoms. The molecule has 0 aliphatic heterocycles. The lowest BCUT2D eigenvalue weighted by molar-refractivity contribution is -0.152. The first kappa shape index (κ1) is 58.9. The van der Waals surface area contributed by atoms with E-state index in [1.807, 2.05) is 34.6 Å². The molecule has 20 heteroatoms. The molecule has 0 aliphatic carbocycles. The summed E-state index contributed by atoms with van der Waals surface area (Å²) in [6.45, 7) is 19.4. The Bertz CT molecular complexity index is 2540. The van der Waals surface area contributed by atoms with Gasteiger partial charge in [0.15, 0.2) is 34.4 Å². The predicted octanol–water partition coefficient (Wildman–Crippen LogP) is 8.11. The zero-order valence-corrected chi connectivity index (χ0v) is 43.2. The predicted molar refractivity (Wildman–Crippen MR) is 259 cm³/mol. The van der Waals surface area contributed by atoms with Crippen LogP contribution in [0, 0.1) is 37.3 Å². The maximum absolute atomic E-state index is 13.9. The van der Waals surface area contributed by atoms with Crippen LogP contribution in [0.4, 0.5) is 8.78 Å². The third-order valence-corrected chi connectivity index (χ3v) is 11.6. The summed E-state index contributed by atoms with van der Waals surface area (Å²) in [6, 6.07) is 9.02. The number of carbonyl (C=O) groups is 6. The van der Waals surface area contributed by atoms with Crippen LogP contribution in [0.3, 0.4) is 0 Å². The largest absolute Gasteiger partial charge is 0.493 e. The van der Waals surface area contributed by atoms with Crippen LogP contribution in [0.15, 0.2) is 60.9 Å². The topological polar surface area (TPSA) is 228 Å². The fourth-order valence-electron chi connectivity index (χ4n) is 8.28. The van der Waals surface area contributed by atoms with Gasteiger partial charge >= 0.3 is 23.9 Å². The van der Waals surface area contributed by atoms with E-state index in [2.05, 4.69) is 15.3 Å². The minimum atomic E-state index is -1.23. The standard InChI is InChI=1S/2C26H33FN2O7/c1-14(2)22(20-9-8-19(27)12-15(20)3)17(5)36-26(32)16(4)29-25(31)23-24(35-13-34-18(6)30)21(33-7)10-11-28-23;1-14(2)22(20-9-8-19(27)12-15(20)3)16(4)29(17(5)26(32)33)25(31)23-24(36-13-35-18(6)30)21(34-7)10-11-28-23/h8-12,14,16-17,22H,13H2,1-7H3,(H,29,31);8-12,14,16-17,22H,13H2,1-7H3,(H,32,33)/t16-,17-,22+;16?,17-,22+/m00/s1. The van der Waals surface area contributed by atoms with Gasteiger partial charge in [0.1, 0.15) is 29.8 Å². The Morgan fingerprint density at radius 1 is 0.667 bits per heavy atom. The summed E-state index contributed by atoms with van der Waals surface area (Å²) < 4.78 is 64.1. The number of nitrogens with one attached hydrogen (secondary N) is 1. The molecule has 4 rings (SSSR count). The maximum Gasteiger partial charge on any atom is 0.328 e. The number of hydrogen-bond donors (Lipinski definition) is 2. The summed E-state index contributed by atoms with van der Waals surface area (Å²) in [4.78, 5) is 83.4. The average molecular weight is 1010 g/mol. The second-order valence-electron chi connectivity index (χ2n) is 17.5. The van der Waals surface area contributed by atoms with Crippen molar-refractivity contribution < 1.29 is 75.8 Å². The molecule has 0 fully saturated rings. The van der Waals surface area contributed by atoms with Gasteiger partial charge in [0, 0.05) is 56.3 Å². The van der Waals surface area contributed by atoms with Gasteiger partial charge in [-0.15, -0.1) is 0 Å². The molecule has 0 saturated heterocycles. The van der Waals surface area contributed by atoms with E-state index in [0.29, 0.717) is 5.56 Å². The Kier molecular flexibility index (Phi) is 22.3. The van der Waals surface area contributed by atoms with Crippen LogP contribution in [0.2, 0.25) is 0 Å². The Morgan fingerprint density at radius 3 is 1.53 bits per heavy atom. The van der Waals surface area contributed by atoms with Crippen molar-refractivity contribution in [3.05, 3.63) is 106 Å². The van der Waals surface area contributed by atoms with E-state index in [4.69, 9.17) is 33.2 Å². The number of carboxylic acids is 1. The SMILES string of the molecule is COc1ccnc(C(=O)N(C(C)[C@H](c2ccc(F)cc2C)C(C)C)[C@@H](C)C(=O)O)c1OCOC(C)=O.COc1ccnc(C(=O)N[C@@H](C)C(=O)O[C@@H](C)[C@H](c2ccc(F)cc2C)C(C)C)c1OCOC(C)=O. The number of methoxy groups -OCH3 is 2. The number of carboxylic acid groups (broad SMARTS) is 1. The summed E-state index contributed by atoms with van der Waals surface area (Å²) in [7, 11) is 2.75. The van der Waals surface area contributed by atoms with Gasteiger partial charge in [-0.2, -0.15) is 0 Å². The molecule has 2 N–H and O–H groups in total. The molecule has 0 aliphatic rings. The molecule has 2 aromatic heterocycles. The number of hydrogen-bond acceptors (Lipinski definition) is 15. The van der Waals surface area contributed by atoms with Crippen LogP contribution in [-0.2, 0) is 33.4 Å². The quantitative estimate of drug-likeness (QED) is 0.0430. The Morgan fingerprint density at radius 2 is 1.11 bits per heavy atom. The van der Waals surface area contributed by atoms with Gasteiger partial charge in [-0.3, -0.25) is 19.2 Å². The highest BCUT2D eigenvalue weighted by Crippen LogP contribution is 2.38. The molecule has 6 atom stereocenters. The molecule has 1 unspecified atom stereocenters. The Labute approximate surface area is 418 Å². The van der Waals surface area contributed by atoms with Crippen LogP contribution in [0.25, 0.3) is 0 Å². The van der Waals surface area contributed by atoms with Gasteiger partial charge in [0.25, 0.3) is 11.8 Å². The third-order valence-electron chi connectivity index (χ3n) is 11.6. The van der Waals surface area contributed by atoms with Crippen molar-refractivity contribution in [2.24, 2.45) is 11.8 Å². The minimum Gasteiger partial charge on any atom is -0.493 e. The second kappa shape index (κ2) is 27.3. The lowest BCUT2D eigenvalue weighted by Crippen LogP contribution is -2.51. The molecule has 0 saturated carbocycles. The number of nitrogens with zero attached hydrogens (tertiary/aromatic N) is 3. The van der Waals surface area contributed by atoms with Crippen LogP contribution in [-0.4, -0.2) is 108 Å². The number of pyridine rings is 2. The highest BCUT2D eigenvalue weighted by molar-refractivity contribution is 5.99. The van der Waals surface area contributed by atoms with Crippen molar-refractivity contribution in [3.8, 4) is 23.0 Å².